The van der Waals surface area contributed by atoms with Crippen LogP contribution in [0.25, 0.3) is 0 Å². The second-order valence-corrected chi connectivity index (χ2v) is 6.83. The molecule has 1 saturated heterocycles. The van der Waals surface area contributed by atoms with Gasteiger partial charge in [-0.1, -0.05) is 0 Å². The van der Waals surface area contributed by atoms with Crippen LogP contribution in [0, 0.1) is 11.3 Å². The Morgan fingerprint density at radius 2 is 2.09 bits per heavy atom. The highest BCUT2D eigenvalue weighted by Gasteiger charge is 2.59. The van der Waals surface area contributed by atoms with Gasteiger partial charge < -0.3 is 9.64 Å². The summed E-state index contributed by atoms with van der Waals surface area (Å²) in [5.74, 6) is 0.490. The number of urea groups is 1. The van der Waals surface area contributed by atoms with Crippen molar-refractivity contribution in [2.75, 3.05) is 25.5 Å². The van der Waals surface area contributed by atoms with Gasteiger partial charge in [-0.05, 0) is 38.5 Å². The number of hydrogen-bond acceptors (Lipinski definition) is 4. The second-order valence-electron chi connectivity index (χ2n) is 6.83. The Morgan fingerprint density at radius 3 is 2.65 bits per heavy atom. The summed E-state index contributed by atoms with van der Waals surface area (Å²) in [5, 5.41) is 7.17. The van der Waals surface area contributed by atoms with E-state index in [9.17, 15) is 9.59 Å². The van der Waals surface area contributed by atoms with Crippen LogP contribution in [0.4, 0.5) is 10.6 Å². The largest absolute Gasteiger partial charge is 0.469 e. The molecule has 3 rings (SSSR count). The number of ether oxygens (including phenoxy) is 1. The van der Waals surface area contributed by atoms with Crippen molar-refractivity contribution in [3.05, 3.63) is 12.3 Å². The fourth-order valence-electron chi connectivity index (χ4n) is 3.41. The number of hydrogen-bond donors (Lipinski definition) is 1. The van der Waals surface area contributed by atoms with Gasteiger partial charge in [0.25, 0.3) is 0 Å². The Hall–Kier alpha value is -2.05. The molecule has 7 nitrogen and oxygen atoms in total. The summed E-state index contributed by atoms with van der Waals surface area (Å²) < 4.78 is 6.65. The van der Waals surface area contributed by atoms with Crippen LogP contribution in [0.15, 0.2) is 12.3 Å². The van der Waals surface area contributed by atoms with Crippen LogP contribution < -0.4 is 5.32 Å². The zero-order valence-electron chi connectivity index (χ0n) is 13.9. The van der Waals surface area contributed by atoms with Crippen LogP contribution in [0.2, 0.25) is 0 Å². The minimum atomic E-state index is -0.121. The molecule has 1 spiro atoms. The Balaban J connectivity index is 1.52. The predicted octanol–water partition coefficient (Wildman–Crippen LogP) is 2.27. The number of piperidine rings is 1. The number of esters is 1. The summed E-state index contributed by atoms with van der Waals surface area (Å²) in [4.78, 5) is 25.8. The van der Waals surface area contributed by atoms with E-state index < -0.39 is 0 Å². The number of anilines is 1. The van der Waals surface area contributed by atoms with E-state index in [1.54, 1.807) is 11.0 Å². The molecule has 1 N–H and O–H groups in total. The molecule has 0 aromatic carbocycles. The van der Waals surface area contributed by atoms with E-state index in [1.165, 1.54) is 7.11 Å². The van der Waals surface area contributed by atoms with Gasteiger partial charge in [-0.25, -0.2) is 4.79 Å². The normalized spacial score (nSPS) is 22.3. The van der Waals surface area contributed by atoms with Crippen molar-refractivity contribution in [1.29, 1.82) is 0 Å². The number of aromatic nitrogens is 2. The molecule has 2 heterocycles. The first-order valence-electron chi connectivity index (χ1n) is 8.14. The van der Waals surface area contributed by atoms with Crippen molar-refractivity contribution in [3.63, 3.8) is 0 Å². The van der Waals surface area contributed by atoms with E-state index in [4.69, 9.17) is 4.74 Å². The Morgan fingerprint density at radius 1 is 1.39 bits per heavy atom. The topological polar surface area (TPSA) is 76.5 Å². The number of amides is 2. The van der Waals surface area contributed by atoms with Crippen LogP contribution in [-0.4, -0.2) is 46.9 Å². The van der Waals surface area contributed by atoms with E-state index >= 15 is 0 Å². The lowest BCUT2D eigenvalue weighted by atomic mass is 9.91. The van der Waals surface area contributed by atoms with Crippen molar-refractivity contribution in [2.24, 2.45) is 11.3 Å². The Labute approximate surface area is 136 Å². The maximum atomic E-state index is 12.3. The molecule has 1 aromatic heterocycles. The van der Waals surface area contributed by atoms with E-state index in [2.05, 4.69) is 10.4 Å². The number of carbonyl (C=O) groups excluding carboxylic acids is 2. The summed E-state index contributed by atoms with van der Waals surface area (Å²) in [6, 6.07) is 1.95. The van der Waals surface area contributed by atoms with Gasteiger partial charge in [0.1, 0.15) is 0 Å². The highest BCUT2D eigenvalue weighted by molar-refractivity contribution is 5.88. The van der Waals surface area contributed by atoms with E-state index in [0.717, 1.165) is 19.3 Å². The highest BCUT2D eigenvalue weighted by Crippen LogP contribution is 2.59. The van der Waals surface area contributed by atoms with Gasteiger partial charge in [-0.3, -0.25) is 14.8 Å². The first-order chi connectivity index (χ1) is 10.9. The average molecular weight is 320 g/mol. The van der Waals surface area contributed by atoms with Crippen molar-refractivity contribution >= 4 is 17.8 Å². The number of nitrogens with zero attached hydrogens (tertiary/aromatic N) is 3. The fourth-order valence-corrected chi connectivity index (χ4v) is 3.41. The molecule has 7 heteroatoms. The molecule has 2 amide bonds. The zero-order chi connectivity index (χ0) is 16.6. The Kier molecular flexibility index (Phi) is 4.04. The third-order valence-corrected chi connectivity index (χ3v) is 5.09. The molecule has 1 aliphatic heterocycles. The lowest BCUT2D eigenvalue weighted by Crippen LogP contribution is -2.42. The van der Waals surface area contributed by atoms with Gasteiger partial charge in [-0.2, -0.15) is 5.10 Å². The molecule has 1 aliphatic carbocycles. The molecule has 2 fully saturated rings. The SMILES string of the molecule is COC(=O)C1CC12CCN(C(=O)Nc1ccn(C(C)C)n1)CC2. The van der Waals surface area contributed by atoms with Gasteiger partial charge >= 0.3 is 12.0 Å². The molecule has 2 aliphatic rings. The van der Waals surface area contributed by atoms with Gasteiger partial charge in [0.2, 0.25) is 0 Å². The van der Waals surface area contributed by atoms with Crippen LogP contribution in [0.5, 0.6) is 0 Å². The third-order valence-electron chi connectivity index (χ3n) is 5.09. The molecule has 126 valence electrons. The zero-order valence-corrected chi connectivity index (χ0v) is 13.9. The average Bonchev–Trinajstić information content (AvgIpc) is 3.02. The molecule has 23 heavy (non-hydrogen) atoms. The van der Waals surface area contributed by atoms with Gasteiger partial charge in [-0.15, -0.1) is 0 Å². The summed E-state index contributed by atoms with van der Waals surface area (Å²) in [6.45, 7) is 5.42. The fraction of sp³-hybridized carbons (Fsp3) is 0.688. The standard InChI is InChI=1S/C16H24N4O3/c1-11(2)20-7-4-13(18-20)17-15(22)19-8-5-16(6-9-19)10-12(16)14(21)23-3/h4,7,11-12H,5-6,8-10H2,1-3H3,(H,17,18,22). The number of methoxy groups -OCH3 is 1. The monoisotopic (exact) mass is 320 g/mol. The molecule has 0 bridgehead atoms. The first-order valence-corrected chi connectivity index (χ1v) is 8.14. The van der Waals surface area contributed by atoms with Gasteiger partial charge in [0, 0.05) is 31.4 Å². The maximum absolute atomic E-state index is 12.3. The maximum Gasteiger partial charge on any atom is 0.323 e. The quantitative estimate of drug-likeness (QED) is 0.867. The number of likely N-dealkylation sites (tertiary alicyclic amines) is 1. The second kappa shape index (κ2) is 5.86. The van der Waals surface area contributed by atoms with Gasteiger partial charge in [0.05, 0.1) is 13.0 Å². The third kappa shape index (κ3) is 3.04. The summed E-state index contributed by atoms with van der Waals surface area (Å²) in [6.07, 6.45) is 4.48. The smallest absolute Gasteiger partial charge is 0.323 e. The van der Waals surface area contributed by atoms with E-state index in [1.807, 2.05) is 24.7 Å². The van der Waals surface area contributed by atoms with Crippen LogP contribution in [0.3, 0.4) is 0 Å². The minimum absolute atomic E-state index is 0.0273. The number of carbonyl (C=O) groups is 2. The summed E-state index contributed by atoms with van der Waals surface area (Å²) in [7, 11) is 1.44. The van der Waals surface area contributed by atoms with Crippen molar-refractivity contribution < 1.29 is 14.3 Å². The molecular formula is C16H24N4O3. The molecule has 1 unspecified atom stereocenters. The highest BCUT2D eigenvalue weighted by atomic mass is 16.5. The van der Waals surface area contributed by atoms with Crippen molar-refractivity contribution in [2.45, 2.75) is 39.2 Å². The molecule has 1 saturated carbocycles. The minimum Gasteiger partial charge on any atom is -0.469 e. The van der Waals surface area contributed by atoms with Crippen molar-refractivity contribution in [3.8, 4) is 0 Å². The van der Waals surface area contributed by atoms with E-state index in [0.29, 0.717) is 18.9 Å². The lowest BCUT2D eigenvalue weighted by molar-refractivity contribution is -0.143. The molecule has 1 atom stereocenters. The summed E-state index contributed by atoms with van der Waals surface area (Å²) >= 11 is 0. The van der Waals surface area contributed by atoms with Crippen LogP contribution in [-0.2, 0) is 9.53 Å². The molecule has 0 radical (unpaired) electrons. The Bertz CT molecular complexity index is 602. The van der Waals surface area contributed by atoms with Gasteiger partial charge in [0.15, 0.2) is 5.82 Å². The van der Waals surface area contributed by atoms with Crippen LogP contribution >= 0.6 is 0 Å². The summed E-state index contributed by atoms with van der Waals surface area (Å²) in [5.41, 5.74) is 0.0725. The molecular weight excluding hydrogens is 296 g/mol. The van der Waals surface area contributed by atoms with E-state index in [-0.39, 0.29) is 29.4 Å². The number of rotatable bonds is 3. The molecule has 1 aromatic rings. The predicted molar refractivity (Wildman–Crippen MR) is 85.0 cm³/mol. The lowest BCUT2D eigenvalue weighted by Gasteiger charge is -2.32. The number of nitrogens with one attached hydrogen (secondary N) is 1. The van der Waals surface area contributed by atoms with Crippen molar-refractivity contribution in [1.82, 2.24) is 14.7 Å². The van der Waals surface area contributed by atoms with Crippen LogP contribution in [0.1, 0.15) is 39.2 Å². The first kappa shape index (κ1) is 15.8.